The van der Waals surface area contributed by atoms with E-state index in [-0.39, 0.29) is 11.4 Å². The van der Waals surface area contributed by atoms with Gasteiger partial charge in [-0.2, -0.15) is 0 Å². The first kappa shape index (κ1) is 17.2. The molecule has 4 aromatic rings. The lowest BCUT2D eigenvalue weighted by atomic mass is 10.1. The van der Waals surface area contributed by atoms with Crippen LogP contribution in [0.1, 0.15) is 10.5 Å². The molecule has 4 rings (SSSR count). The number of hydrogen-bond donors (Lipinski definition) is 2. The summed E-state index contributed by atoms with van der Waals surface area (Å²) in [6.45, 7) is 0. The molecule has 0 unspecified atom stereocenters. The number of carbonyl (C=O) groups is 1. The van der Waals surface area contributed by atoms with Crippen molar-refractivity contribution in [2.75, 3.05) is 12.4 Å². The summed E-state index contributed by atoms with van der Waals surface area (Å²) >= 11 is 1.21. The molecule has 0 aliphatic heterocycles. The lowest BCUT2D eigenvalue weighted by Crippen LogP contribution is -2.11. The predicted molar refractivity (Wildman–Crippen MR) is 100 cm³/mol. The molecule has 5 nitrogen and oxygen atoms in total. The molecule has 0 saturated carbocycles. The fourth-order valence-corrected chi connectivity index (χ4v) is 3.41. The van der Waals surface area contributed by atoms with Gasteiger partial charge >= 0.3 is 0 Å². The lowest BCUT2D eigenvalue weighted by molar-refractivity contribution is 0.102. The maximum atomic E-state index is 13.9. The maximum Gasteiger partial charge on any atom is 0.273 e. The smallest absolute Gasteiger partial charge is 0.273 e. The standard InChI is InChI=1S/C19H13F2N3O2S/c1-26-17-6-5-10(7-13(17)21)16-9-27-19(23-16)24-18(25)15-8-11-12(20)3-2-4-14(11)22-15/h2-9,22H,1H3,(H,23,24,25). The Morgan fingerprint density at radius 3 is 2.78 bits per heavy atom. The summed E-state index contributed by atoms with van der Waals surface area (Å²) < 4.78 is 32.5. The van der Waals surface area contributed by atoms with Gasteiger partial charge in [0.25, 0.3) is 5.91 Å². The van der Waals surface area contributed by atoms with Gasteiger partial charge in [-0.1, -0.05) is 6.07 Å². The zero-order valence-corrected chi connectivity index (χ0v) is 14.9. The first-order chi connectivity index (χ1) is 13.0. The Kier molecular flexibility index (Phi) is 4.33. The maximum absolute atomic E-state index is 13.9. The number of aromatic amines is 1. The highest BCUT2D eigenvalue weighted by Gasteiger charge is 2.14. The van der Waals surface area contributed by atoms with Gasteiger partial charge in [-0.05, 0) is 36.4 Å². The van der Waals surface area contributed by atoms with Gasteiger partial charge < -0.3 is 9.72 Å². The van der Waals surface area contributed by atoms with Crippen molar-refractivity contribution in [3.63, 3.8) is 0 Å². The minimum atomic E-state index is -0.492. The molecule has 0 bridgehead atoms. The van der Waals surface area contributed by atoms with Gasteiger partial charge in [0.15, 0.2) is 16.7 Å². The highest BCUT2D eigenvalue weighted by atomic mass is 32.1. The van der Waals surface area contributed by atoms with Crippen LogP contribution in [0.25, 0.3) is 22.2 Å². The van der Waals surface area contributed by atoms with E-state index in [9.17, 15) is 13.6 Å². The van der Waals surface area contributed by atoms with E-state index in [0.717, 1.165) is 0 Å². The minimum absolute atomic E-state index is 0.147. The fourth-order valence-electron chi connectivity index (χ4n) is 2.69. The molecule has 27 heavy (non-hydrogen) atoms. The van der Waals surface area contributed by atoms with Crippen molar-refractivity contribution in [3.05, 3.63) is 65.2 Å². The third-order valence-corrected chi connectivity index (χ3v) is 4.79. The van der Waals surface area contributed by atoms with E-state index in [0.29, 0.717) is 27.3 Å². The summed E-state index contributed by atoms with van der Waals surface area (Å²) in [5, 5.41) is 5.07. The quantitative estimate of drug-likeness (QED) is 0.529. The van der Waals surface area contributed by atoms with E-state index in [4.69, 9.17) is 4.74 Å². The first-order valence-corrected chi connectivity index (χ1v) is 8.81. The molecule has 0 fully saturated rings. The van der Waals surface area contributed by atoms with Crippen molar-refractivity contribution in [2.45, 2.75) is 0 Å². The molecule has 8 heteroatoms. The van der Waals surface area contributed by atoms with E-state index < -0.39 is 17.5 Å². The number of nitrogens with one attached hydrogen (secondary N) is 2. The monoisotopic (exact) mass is 385 g/mol. The first-order valence-electron chi connectivity index (χ1n) is 7.93. The molecule has 0 saturated heterocycles. The average molecular weight is 385 g/mol. The Morgan fingerprint density at radius 1 is 1.19 bits per heavy atom. The summed E-state index contributed by atoms with van der Waals surface area (Å²) in [7, 11) is 1.39. The molecule has 136 valence electrons. The second-order valence-electron chi connectivity index (χ2n) is 5.73. The second kappa shape index (κ2) is 6.81. The molecule has 0 aliphatic carbocycles. The van der Waals surface area contributed by atoms with Crippen LogP contribution >= 0.6 is 11.3 Å². The number of halogens is 2. The van der Waals surface area contributed by atoms with Gasteiger partial charge in [0, 0.05) is 21.8 Å². The number of amides is 1. The van der Waals surface area contributed by atoms with Crippen LogP contribution in [0.15, 0.2) is 47.8 Å². The number of hydrogen-bond acceptors (Lipinski definition) is 4. The lowest BCUT2D eigenvalue weighted by Gasteiger charge is -2.03. The Labute approximate surface area is 156 Å². The highest BCUT2D eigenvalue weighted by Crippen LogP contribution is 2.29. The SMILES string of the molecule is COc1ccc(-c2csc(NC(=O)c3cc4c(F)cccc4[nH]3)n2)cc1F. The normalized spacial score (nSPS) is 10.9. The highest BCUT2D eigenvalue weighted by molar-refractivity contribution is 7.14. The van der Waals surface area contributed by atoms with E-state index in [1.54, 1.807) is 23.6 Å². The van der Waals surface area contributed by atoms with Crippen LogP contribution in [0.3, 0.4) is 0 Å². The van der Waals surface area contributed by atoms with Crippen LogP contribution in [0.2, 0.25) is 0 Å². The summed E-state index contributed by atoms with van der Waals surface area (Å²) in [5.41, 5.74) is 1.85. The van der Waals surface area contributed by atoms with Gasteiger partial charge in [-0.3, -0.25) is 10.1 Å². The minimum Gasteiger partial charge on any atom is -0.494 e. The molecule has 2 N–H and O–H groups in total. The number of anilines is 1. The molecular weight excluding hydrogens is 372 g/mol. The number of carbonyl (C=O) groups excluding carboxylic acids is 1. The summed E-state index contributed by atoms with van der Waals surface area (Å²) in [4.78, 5) is 19.6. The van der Waals surface area contributed by atoms with Gasteiger partial charge in [0.2, 0.25) is 0 Å². The van der Waals surface area contributed by atoms with Crippen LogP contribution < -0.4 is 10.1 Å². The van der Waals surface area contributed by atoms with Crippen molar-refractivity contribution in [1.82, 2.24) is 9.97 Å². The number of H-pyrrole nitrogens is 1. The Hall–Kier alpha value is -3.26. The van der Waals surface area contributed by atoms with Gasteiger partial charge in [0.1, 0.15) is 11.5 Å². The molecule has 2 heterocycles. The van der Waals surface area contributed by atoms with Crippen molar-refractivity contribution in [2.24, 2.45) is 0 Å². The van der Waals surface area contributed by atoms with Gasteiger partial charge in [0.05, 0.1) is 12.8 Å². The third-order valence-electron chi connectivity index (χ3n) is 4.03. The van der Waals surface area contributed by atoms with Crippen molar-refractivity contribution in [3.8, 4) is 17.0 Å². The summed E-state index contributed by atoms with van der Waals surface area (Å²) in [5.74, 6) is -1.18. The largest absolute Gasteiger partial charge is 0.494 e. The zero-order chi connectivity index (χ0) is 19.0. The Morgan fingerprint density at radius 2 is 2.04 bits per heavy atom. The number of thiazole rings is 1. The van der Waals surface area contributed by atoms with E-state index in [1.165, 1.54) is 42.7 Å². The molecule has 1 amide bonds. The number of fused-ring (bicyclic) bond motifs is 1. The van der Waals surface area contributed by atoms with Gasteiger partial charge in [-0.15, -0.1) is 11.3 Å². The number of benzene rings is 2. The van der Waals surface area contributed by atoms with E-state index in [2.05, 4.69) is 15.3 Å². The van der Waals surface area contributed by atoms with E-state index >= 15 is 0 Å². The van der Waals surface area contributed by atoms with Gasteiger partial charge in [-0.25, -0.2) is 13.8 Å². The second-order valence-corrected chi connectivity index (χ2v) is 6.58. The topological polar surface area (TPSA) is 67.0 Å². The molecule has 0 aliphatic rings. The fraction of sp³-hybridized carbons (Fsp3) is 0.0526. The third kappa shape index (κ3) is 3.26. The number of rotatable bonds is 4. The predicted octanol–water partition coefficient (Wildman–Crippen LogP) is 4.83. The summed E-state index contributed by atoms with van der Waals surface area (Å²) in [6.07, 6.45) is 0. The number of methoxy groups -OCH3 is 1. The van der Waals surface area contributed by atoms with E-state index in [1.807, 2.05) is 0 Å². The van der Waals surface area contributed by atoms with Crippen LogP contribution in [-0.2, 0) is 0 Å². The van der Waals surface area contributed by atoms with Crippen LogP contribution in [0, 0.1) is 11.6 Å². The molecular formula is C19H13F2N3O2S. The van der Waals surface area contributed by atoms with Crippen molar-refractivity contribution < 1.29 is 18.3 Å². The van der Waals surface area contributed by atoms with Crippen LogP contribution in [0.5, 0.6) is 5.75 Å². The molecule has 2 aromatic carbocycles. The Bertz CT molecular complexity index is 1150. The average Bonchev–Trinajstić information content (AvgIpc) is 3.29. The number of ether oxygens (including phenoxy) is 1. The summed E-state index contributed by atoms with van der Waals surface area (Å²) in [6, 6.07) is 10.6. The number of aromatic nitrogens is 2. The van der Waals surface area contributed by atoms with Crippen LogP contribution in [-0.4, -0.2) is 23.0 Å². The molecule has 0 spiro atoms. The van der Waals surface area contributed by atoms with Crippen LogP contribution in [0.4, 0.5) is 13.9 Å². The van der Waals surface area contributed by atoms with Crippen molar-refractivity contribution >= 4 is 33.3 Å². The van der Waals surface area contributed by atoms with Crippen molar-refractivity contribution in [1.29, 1.82) is 0 Å². The molecule has 0 atom stereocenters. The molecule has 0 radical (unpaired) electrons. The zero-order valence-electron chi connectivity index (χ0n) is 14.0. The molecule has 2 aromatic heterocycles. The number of nitrogens with zero attached hydrogens (tertiary/aromatic N) is 1. The Balaban J connectivity index is 1.55.